The predicted octanol–water partition coefficient (Wildman–Crippen LogP) is 5.06. The van der Waals surface area contributed by atoms with Crippen LogP contribution in [0.2, 0.25) is 0 Å². The first-order valence-corrected chi connectivity index (χ1v) is 10.6. The van der Waals surface area contributed by atoms with E-state index in [9.17, 15) is 9.18 Å². The average molecular weight is 445 g/mol. The summed E-state index contributed by atoms with van der Waals surface area (Å²) < 4.78 is 24.0. The Morgan fingerprint density at radius 2 is 1.67 bits per heavy atom. The Kier molecular flexibility index (Phi) is 6.78. The highest BCUT2D eigenvalue weighted by atomic mass is 19.1. The highest BCUT2D eigenvalue weighted by Gasteiger charge is 2.24. The molecule has 1 heterocycles. The molecule has 0 aliphatic carbocycles. The molecule has 4 aromatic rings. The van der Waals surface area contributed by atoms with Crippen LogP contribution in [0, 0.1) is 5.82 Å². The third-order valence-corrected chi connectivity index (χ3v) is 5.45. The van der Waals surface area contributed by atoms with E-state index in [1.807, 2.05) is 54.6 Å². The second kappa shape index (κ2) is 10.1. The van der Waals surface area contributed by atoms with Gasteiger partial charge in [-0.2, -0.15) is 4.98 Å². The van der Waals surface area contributed by atoms with Crippen molar-refractivity contribution in [3.8, 4) is 17.1 Å². The summed E-state index contributed by atoms with van der Waals surface area (Å²) in [7, 11) is 3.36. The number of carbonyl (C=O) groups excluding carboxylic acids is 1. The minimum atomic E-state index is -0.336. The Balaban J connectivity index is 1.46. The highest BCUT2D eigenvalue weighted by Crippen LogP contribution is 2.28. The number of benzene rings is 3. The zero-order chi connectivity index (χ0) is 23.2. The molecule has 0 N–H and O–H groups in total. The Hall–Kier alpha value is -4.00. The molecule has 0 fully saturated rings. The zero-order valence-corrected chi connectivity index (χ0v) is 18.4. The molecular weight excluding hydrogens is 421 g/mol. The lowest BCUT2D eigenvalue weighted by Crippen LogP contribution is -2.32. The van der Waals surface area contributed by atoms with Crippen molar-refractivity contribution in [3.63, 3.8) is 0 Å². The minimum Gasteiger partial charge on any atom is -0.497 e. The van der Waals surface area contributed by atoms with E-state index in [1.54, 1.807) is 31.2 Å². The minimum absolute atomic E-state index is 0.0858. The summed E-state index contributed by atoms with van der Waals surface area (Å²) in [6.07, 6.45) is 0.516. The van der Waals surface area contributed by atoms with Gasteiger partial charge in [0.25, 0.3) is 0 Å². The summed E-state index contributed by atoms with van der Waals surface area (Å²) >= 11 is 0. The third kappa shape index (κ3) is 5.26. The van der Waals surface area contributed by atoms with Crippen LogP contribution in [0.5, 0.6) is 5.75 Å². The number of amides is 1. The smallest absolute Gasteiger partial charge is 0.227 e. The summed E-state index contributed by atoms with van der Waals surface area (Å²) in [5.74, 6) is 1.19. The molecule has 1 aromatic heterocycles. The van der Waals surface area contributed by atoms with Gasteiger partial charge in [-0.15, -0.1) is 0 Å². The highest BCUT2D eigenvalue weighted by molar-refractivity contribution is 5.77. The second-order valence-corrected chi connectivity index (χ2v) is 7.61. The largest absolute Gasteiger partial charge is 0.497 e. The van der Waals surface area contributed by atoms with E-state index < -0.39 is 0 Å². The van der Waals surface area contributed by atoms with Gasteiger partial charge in [-0.25, -0.2) is 4.39 Å². The fraction of sp³-hybridized carbons (Fsp3) is 0.192. The Labute approximate surface area is 191 Å². The van der Waals surface area contributed by atoms with Crippen LogP contribution in [-0.2, 0) is 11.2 Å². The SMILES string of the molecule is COc1ccc(-c2noc(CCC(=O)N(C)C(c3ccccc3)c3ccc(F)cc3)n2)cc1. The summed E-state index contributed by atoms with van der Waals surface area (Å²) in [5.41, 5.74) is 2.58. The molecule has 33 heavy (non-hydrogen) atoms. The van der Waals surface area contributed by atoms with Crippen molar-refractivity contribution in [1.29, 1.82) is 0 Å². The van der Waals surface area contributed by atoms with Crippen LogP contribution in [0.3, 0.4) is 0 Å². The maximum absolute atomic E-state index is 13.5. The van der Waals surface area contributed by atoms with Gasteiger partial charge >= 0.3 is 0 Å². The van der Waals surface area contributed by atoms with Crippen molar-refractivity contribution in [2.45, 2.75) is 18.9 Å². The Bertz CT molecular complexity index is 1190. The number of ether oxygens (including phenoxy) is 1. The molecule has 0 aliphatic heterocycles. The maximum atomic E-state index is 13.5. The number of hydrogen-bond acceptors (Lipinski definition) is 5. The van der Waals surface area contributed by atoms with Crippen LogP contribution in [0.4, 0.5) is 4.39 Å². The van der Waals surface area contributed by atoms with Gasteiger partial charge in [-0.1, -0.05) is 47.6 Å². The summed E-state index contributed by atoms with van der Waals surface area (Å²) in [5, 5.41) is 4.02. The molecule has 1 atom stereocenters. The summed E-state index contributed by atoms with van der Waals surface area (Å²) in [6, 6.07) is 22.9. The quantitative estimate of drug-likeness (QED) is 0.379. The number of nitrogens with zero attached hydrogens (tertiary/aromatic N) is 3. The van der Waals surface area contributed by atoms with Gasteiger partial charge in [0.1, 0.15) is 11.6 Å². The van der Waals surface area contributed by atoms with Gasteiger partial charge in [0.05, 0.1) is 13.2 Å². The van der Waals surface area contributed by atoms with Crippen molar-refractivity contribution in [1.82, 2.24) is 15.0 Å². The van der Waals surface area contributed by atoms with Crippen LogP contribution >= 0.6 is 0 Å². The normalized spacial score (nSPS) is 11.7. The molecule has 3 aromatic carbocycles. The Morgan fingerprint density at radius 1 is 1.00 bits per heavy atom. The molecule has 7 heteroatoms. The monoisotopic (exact) mass is 445 g/mol. The van der Waals surface area contributed by atoms with Crippen LogP contribution in [-0.4, -0.2) is 35.1 Å². The standard InChI is InChI=1S/C26H24FN3O3/c1-30(25(18-6-4-3-5-7-18)19-8-12-21(27)13-9-19)24(31)17-16-23-28-26(29-33-23)20-10-14-22(32-2)15-11-20/h3-15,25H,16-17H2,1-2H3. The molecule has 0 spiro atoms. The lowest BCUT2D eigenvalue weighted by Gasteiger charge is -2.29. The lowest BCUT2D eigenvalue weighted by molar-refractivity contribution is -0.131. The van der Waals surface area contributed by atoms with Gasteiger partial charge in [0.2, 0.25) is 17.6 Å². The fourth-order valence-corrected chi connectivity index (χ4v) is 3.67. The molecule has 0 saturated heterocycles. The molecular formula is C26H24FN3O3. The Morgan fingerprint density at radius 3 is 2.33 bits per heavy atom. The number of halogens is 1. The van der Waals surface area contributed by atoms with E-state index >= 15 is 0 Å². The van der Waals surface area contributed by atoms with Gasteiger partial charge in [-0.05, 0) is 47.5 Å². The summed E-state index contributed by atoms with van der Waals surface area (Å²) in [4.78, 5) is 19.1. The number of methoxy groups -OCH3 is 1. The fourth-order valence-electron chi connectivity index (χ4n) is 3.67. The van der Waals surface area contributed by atoms with Crippen molar-refractivity contribution in [3.05, 3.63) is 102 Å². The van der Waals surface area contributed by atoms with Crippen LogP contribution in [0.15, 0.2) is 83.4 Å². The van der Waals surface area contributed by atoms with Gasteiger partial charge in [0, 0.05) is 25.5 Å². The van der Waals surface area contributed by atoms with E-state index in [4.69, 9.17) is 9.26 Å². The van der Waals surface area contributed by atoms with Crippen LogP contribution < -0.4 is 4.74 Å². The van der Waals surface area contributed by atoms with Crippen molar-refractivity contribution < 1.29 is 18.4 Å². The van der Waals surface area contributed by atoms with Crippen LogP contribution in [0.1, 0.15) is 29.5 Å². The molecule has 1 amide bonds. The molecule has 6 nitrogen and oxygen atoms in total. The van der Waals surface area contributed by atoms with Crippen molar-refractivity contribution in [2.24, 2.45) is 0 Å². The number of aromatic nitrogens is 2. The number of aryl methyl sites for hydroxylation is 1. The van der Waals surface area contributed by atoms with Crippen molar-refractivity contribution in [2.75, 3.05) is 14.2 Å². The number of rotatable bonds is 8. The molecule has 0 radical (unpaired) electrons. The molecule has 0 aliphatic rings. The van der Waals surface area contributed by atoms with Crippen LogP contribution in [0.25, 0.3) is 11.4 Å². The van der Waals surface area contributed by atoms with E-state index in [0.717, 1.165) is 22.4 Å². The van der Waals surface area contributed by atoms with Gasteiger partial charge < -0.3 is 14.2 Å². The number of carbonyl (C=O) groups is 1. The molecule has 0 bridgehead atoms. The third-order valence-electron chi connectivity index (χ3n) is 5.45. The topological polar surface area (TPSA) is 68.5 Å². The maximum Gasteiger partial charge on any atom is 0.227 e. The first kappa shape index (κ1) is 22.2. The molecule has 168 valence electrons. The first-order valence-electron chi connectivity index (χ1n) is 10.6. The molecule has 0 saturated carbocycles. The lowest BCUT2D eigenvalue weighted by atomic mass is 9.97. The van der Waals surface area contributed by atoms with E-state index in [-0.39, 0.29) is 24.2 Å². The second-order valence-electron chi connectivity index (χ2n) is 7.61. The first-order chi connectivity index (χ1) is 16.0. The van der Waals surface area contributed by atoms with Gasteiger partial charge in [-0.3, -0.25) is 4.79 Å². The van der Waals surface area contributed by atoms with Crippen molar-refractivity contribution >= 4 is 5.91 Å². The average Bonchev–Trinajstić information content (AvgIpc) is 3.33. The number of hydrogen-bond donors (Lipinski definition) is 0. The zero-order valence-electron chi connectivity index (χ0n) is 18.4. The molecule has 1 unspecified atom stereocenters. The predicted molar refractivity (Wildman–Crippen MR) is 122 cm³/mol. The molecule has 4 rings (SSSR count). The van der Waals surface area contributed by atoms with E-state index in [0.29, 0.717) is 18.1 Å². The summed E-state index contributed by atoms with van der Waals surface area (Å²) in [6.45, 7) is 0. The van der Waals surface area contributed by atoms with E-state index in [2.05, 4.69) is 10.1 Å². The van der Waals surface area contributed by atoms with E-state index in [1.165, 1.54) is 12.1 Å². The van der Waals surface area contributed by atoms with Gasteiger partial charge in [0.15, 0.2) is 0 Å².